The fourth-order valence-corrected chi connectivity index (χ4v) is 3.21. The van der Waals surface area contributed by atoms with Gasteiger partial charge in [0, 0.05) is 29.5 Å². The van der Waals surface area contributed by atoms with Crippen LogP contribution in [0, 0.1) is 0 Å². The van der Waals surface area contributed by atoms with Crippen LogP contribution in [0.5, 0.6) is 5.75 Å². The average Bonchev–Trinajstić information content (AvgIpc) is 2.98. The van der Waals surface area contributed by atoms with Gasteiger partial charge in [0.1, 0.15) is 0 Å². The molecule has 0 atom stereocenters. The molecule has 1 heterocycles. The van der Waals surface area contributed by atoms with Crippen LogP contribution in [0.25, 0.3) is 20.9 Å². The van der Waals surface area contributed by atoms with E-state index in [4.69, 9.17) is 0 Å². The van der Waals surface area contributed by atoms with Crippen molar-refractivity contribution in [3.05, 3.63) is 60.7 Å². The lowest BCUT2D eigenvalue weighted by Gasteiger charge is -2.12. The van der Waals surface area contributed by atoms with E-state index in [1.54, 1.807) is 23.5 Å². The second-order valence-electron chi connectivity index (χ2n) is 5.13. The second-order valence-corrected chi connectivity index (χ2v) is 6.21. The predicted molar refractivity (Wildman–Crippen MR) is 89.7 cm³/mol. The Morgan fingerprint density at radius 2 is 1.19 bits per heavy atom. The van der Waals surface area contributed by atoms with E-state index in [9.17, 15) is 5.11 Å². The Labute approximate surface area is 128 Å². The highest BCUT2D eigenvalue weighted by Crippen LogP contribution is 2.35. The summed E-state index contributed by atoms with van der Waals surface area (Å²) < 4.78 is 0. The molecule has 0 aliphatic carbocycles. The maximum Gasteiger partial charge on any atom is 0.178 e. The summed E-state index contributed by atoms with van der Waals surface area (Å²) in [6.07, 6.45) is 0. The first-order chi connectivity index (χ1) is 10.1. The lowest BCUT2D eigenvalue weighted by Crippen LogP contribution is -2.07. The Hall–Kier alpha value is -2.26. The highest BCUT2D eigenvalue weighted by Gasteiger charge is 2.06. The van der Waals surface area contributed by atoms with Crippen LogP contribution in [0.3, 0.4) is 0 Å². The average molecular weight is 294 g/mol. The van der Waals surface area contributed by atoms with Gasteiger partial charge in [0.2, 0.25) is 0 Å². The molecule has 0 aliphatic rings. The minimum Gasteiger partial charge on any atom is -0.378 e. The van der Waals surface area contributed by atoms with Crippen LogP contribution in [0.2, 0.25) is 0 Å². The van der Waals surface area contributed by atoms with Gasteiger partial charge >= 0.3 is 0 Å². The third-order valence-corrected chi connectivity index (χ3v) is 4.60. The van der Waals surface area contributed by atoms with Crippen LogP contribution in [0.4, 0.5) is 5.69 Å². The first-order valence-corrected chi connectivity index (χ1v) is 7.60. The van der Waals surface area contributed by atoms with E-state index >= 15 is 0 Å². The van der Waals surface area contributed by atoms with Gasteiger partial charge in [-0.3, -0.25) is 5.11 Å². The SMILES string of the molecule is CN(C)c1ccc(-c2ccc(-c3ccc([O])cc3)s2)cc1. The van der Waals surface area contributed by atoms with Crippen LogP contribution in [0.15, 0.2) is 60.7 Å². The van der Waals surface area contributed by atoms with Gasteiger partial charge in [-0.1, -0.05) is 12.1 Å². The number of hydrogen-bond acceptors (Lipinski definition) is 2. The standard InChI is InChI=1S/C18H16NOS/c1-19(2)15-7-3-13(4-8-15)17-11-12-18(21-17)14-5-9-16(20)10-6-14/h3-12H,1-2H3. The predicted octanol–water partition coefficient (Wildman–Crippen LogP) is 5.29. The lowest BCUT2D eigenvalue weighted by atomic mass is 10.1. The molecule has 0 fully saturated rings. The summed E-state index contributed by atoms with van der Waals surface area (Å²) >= 11 is 1.74. The van der Waals surface area contributed by atoms with Crippen molar-refractivity contribution in [3.63, 3.8) is 0 Å². The van der Waals surface area contributed by atoms with Crippen molar-refractivity contribution in [1.82, 2.24) is 0 Å². The molecule has 1 aromatic heterocycles. The molecule has 3 heteroatoms. The van der Waals surface area contributed by atoms with E-state index in [1.165, 1.54) is 21.0 Å². The Morgan fingerprint density at radius 1 is 0.714 bits per heavy atom. The van der Waals surface area contributed by atoms with Gasteiger partial charge in [-0.15, -0.1) is 11.3 Å². The van der Waals surface area contributed by atoms with E-state index in [2.05, 4.69) is 41.3 Å². The third-order valence-electron chi connectivity index (χ3n) is 3.41. The van der Waals surface area contributed by atoms with Gasteiger partial charge in [0.25, 0.3) is 0 Å². The summed E-state index contributed by atoms with van der Waals surface area (Å²) in [6, 6.07) is 19.8. The summed E-state index contributed by atoms with van der Waals surface area (Å²) in [7, 11) is 4.08. The van der Waals surface area contributed by atoms with E-state index in [0.29, 0.717) is 0 Å². The number of rotatable bonds is 3. The zero-order chi connectivity index (χ0) is 14.8. The molecule has 21 heavy (non-hydrogen) atoms. The number of benzene rings is 2. The first kappa shape index (κ1) is 13.7. The van der Waals surface area contributed by atoms with Gasteiger partial charge in [-0.05, 0) is 59.7 Å². The maximum atomic E-state index is 11.2. The Kier molecular flexibility index (Phi) is 3.67. The second kappa shape index (κ2) is 5.62. The molecule has 3 aromatic rings. The molecule has 3 rings (SSSR count). The zero-order valence-corrected chi connectivity index (χ0v) is 12.9. The van der Waals surface area contributed by atoms with Crippen molar-refractivity contribution in [2.45, 2.75) is 0 Å². The molecule has 105 valence electrons. The molecule has 0 spiro atoms. The van der Waals surface area contributed by atoms with E-state index in [0.717, 1.165) is 5.56 Å². The van der Waals surface area contributed by atoms with Crippen LogP contribution >= 0.6 is 11.3 Å². The Morgan fingerprint density at radius 3 is 1.67 bits per heavy atom. The van der Waals surface area contributed by atoms with Crippen LogP contribution in [-0.4, -0.2) is 14.1 Å². The number of anilines is 1. The minimum atomic E-state index is 0.0507. The molecule has 0 bridgehead atoms. The van der Waals surface area contributed by atoms with Crippen molar-refractivity contribution in [1.29, 1.82) is 0 Å². The summed E-state index contributed by atoms with van der Waals surface area (Å²) in [5, 5.41) is 11.2. The molecule has 2 aromatic carbocycles. The molecular formula is C18H16NOS. The fourth-order valence-electron chi connectivity index (χ4n) is 2.19. The molecule has 1 radical (unpaired) electrons. The summed E-state index contributed by atoms with van der Waals surface area (Å²) in [5.74, 6) is 0.0507. The quantitative estimate of drug-likeness (QED) is 0.643. The Bertz CT molecular complexity index is 727. The topological polar surface area (TPSA) is 23.1 Å². The molecule has 0 saturated carbocycles. The number of hydrogen-bond donors (Lipinski definition) is 0. The van der Waals surface area contributed by atoms with E-state index in [1.807, 2.05) is 26.2 Å². The maximum absolute atomic E-state index is 11.2. The van der Waals surface area contributed by atoms with E-state index < -0.39 is 0 Å². The molecule has 0 aliphatic heterocycles. The summed E-state index contributed by atoms with van der Waals surface area (Å²) in [6.45, 7) is 0. The molecule has 0 unspecified atom stereocenters. The zero-order valence-electron chi connectivity index (χ0n) is 12.0. The normalized spacial score (nSPS) is 10.6. The lowest BCUT2D eigenvalue weighted by molar-refractivity contribution is 0.355. The van der Waals surface area contributed by atoms with Gasteiger partial charge in [0.05, 0.1) is 0 Å². The van der Waals surface area contributed by atoms with Crippen LogP contribution in [0.1, 0.15) is 0 Å². The van der Waals surface area contributed by atoms with E-state index in [-0.39, 0.29) is 5.75 Å². The molecule has 0 N–H and O–H groups in total. The minimum absolute atomic E-state index is 0.0507. The van der Waals surface area contributed by atoms with Gasteiger partial charge in [-0.25, -0.2) is 0 Å². The molecule has 2 nitrogen and oxygen atoms in total. The Balaban J connectivity index is 1.89. The van der Waals surface area contributed by atoms with Crippen molar-refractivity contribution < 1.29 is 5.11 Å². The monoisotopic (exact) mass is 294 g/mol. The van der Waals surface area contributed by atoms with Crippen molar-refractivity contribution in [2.75, 3.05) is 19.0 Å². The van der Waals surface area contributed by atoms with Crippen molar-refractivity contribution >= 4 is 17.0 Å². The largest absolute Gasteiger partial charge is 0.378 e. The molecule has 0 amide bonds. The number of nitrogens with zero attached hydrogens (tertiary/aromatic N) is 1. The first-order valence-electron chi connectivity index (χ1n) is 6.78. The van der Waals surface area contributed by atoms with Crippen LogP contribution in [-0.2, 0) is 5.11 Å². The molecule has 0 saturated heterocycles. The van der Waals surface area contributed by atoms with Gasteiger partial charge in [0.15, 0.2) is 5.75 Å². The number of thiophene rings is 1. The summed E-state index contributed by atoms with van der Waals surface area (Å²) in [5.41, 5.74) is 3.51. The van der Waals surface area contributed by atoms with Crippen molar-refractivity contribution in [2.24, 2.45) is 0 Å². The van der Waals surface area contributed by atoms with Gasteiger partial charge < -0.3 is 4.90 Å². The smallest absolute Gasteiger partial charge is 0.178 e. The highest BCUT2D eigenvalue weighted by molar-refractivity contribution is 7.18. The fraction of sp³-hybridized carbons (Fsp3) is 0.111. The van der Waals surface area contributed by atoms with Crippen LogP contribution < -0.4 is 4.90 Å². The van der Waals surface area contributed by atoms with Gasteiger partial charge in [-0.2, -0.15) is 0 Å². The van der Waals surface area contributed by atoms with Crippen molar-refractivity contribution in [3.8, 4) is 26.6 Å². The highest BCUT2D eigenvalue weighted by atomic mass is 32.1. The third kappa shape index (κ3) is 2.93. The summed E-state index contributed by atoms with van der Waals surface area (Å²) in [4.78, 5) is 4.51. The molecular weight excluding hydrogens is 278 g/mol.